The Kier molecular flexibility index (Phi) is 5.20. The Morgan fingerprint density at radius 2 is 1.19 bits per heavy atom. The predicted octanol–water partition coefficient (Wildman–Crippen LogP) is 3.98. The number of hydrogen-bond donors (Lipinski definition) is 2. The van der Waals surface area contributed by atoms with Crippen LogP contribution in [-0.2, 0) is 10.0 Å². The molecule has 31 heavy (non-hydrogen) atoms. The topological polar surface area (TPSA) is 92.3 Å². The second kappa shape index (κ2) is 7.85. The number of sulfonamides is 1. The van der Waals surface area contributed by atoms with Gasteiger partial charge in [-0.25, -0.2) is 8.42 Å². The van der Waals surface area contributed by atoms with Crippen LogP contribution in [0.25, 0.3) is 0 Å². The van der Waals surface area contributed by atoms with Crippen molar-refractivity contribution >= 4 is 27.3 Å². The summed E-state index contributed by atoms with van der Waals surface area (Å²) in [4.78, 5) is 26.5. The van der Waals surface area contributed by atoms with Gasteiger partial charge in [0.15, 0.2) is 0 Å². The largest absolute Gasteiger partial charge is 0.350 e. The minimum atomic E-state index is -4.08. The predicted molar refractivity (Wildman–Crippen MR) is 118 cm³/mol. The number of anilines is 1. The lowest BCUT2D eigenvalue weighted by Gasteiger charge is -2.23. The maximum atomic E-state index is 13.3. The van der Waals surface area contributed by atoms with Crippen LogP contribution >= 0.6 is 0 Å². The number of hydrogen-bond acceptors (Lipinski definition) is 5. The number of nitrogens with one attached hydrogen (secondary N) is 2. The summed E-state index contributed by atoms with van der Waals surface area (Å²) in [6, 6.07) is 19.7. The number of rotatable bonds is 5. The van der Waals surface area contributed by atoms with Gasteiger partial charge in [0.1, 0.15) is 11.4 Å². The van der Waals surface area contributed by atoms with E-state index in [4.69, 9.17) is 0 Å². The molecule has 1 aliphatic rings. The van der Waals surface area contributed by atoms with Crippen molar-refractivity contribution in [1.29, 1.82) is 0 Å². The number of carbonyl (C=O) groups excluding carboxylic acids is 2. The van der Waals surface area contributed by atoms with E-state index in [0.29, 0.717) is 5.69 Å². The lowest BCUT2D eigenvalue weighted by molar-refractivity contribution is 0.0972. The van der Waals surface area contributed by atoms with E-state index in [1.807, 2.05) is 32.0 Å². The van der Waals surface area contributed by atoms with Crippen molar-refractivity contribution in [1.82, 2.24) is 4.72 Å². The Balaban J connectivity index is 1.85. The number of Topliss-reactive ketones (excluding diaryl/α,β-unsaturated/α-hetero) is 2. The Morgan fingerprint density at radius 1 is 0.677 bits per heavy atom. The fraction of sp³-hybridized carbons (Fsp3) is 0.0833. The van der Waals surface area contributed by atoms with Gasteiger partial charge >= 0.3 is 0 Å². The number of ketones is 2. The highest BCUT2D eigenvalue weighted by Gasteiger charge is 2.34. The lowest BCUT2D eigenvalue weighted by atomic mass is 9.90. The van der Waals surface area contributed by atoms with Gasteiger partial charge in [0, 0.05) is 16.8 Å². The van der Waals surface area contributed by atoms with Crippen LogP contribution in [0.4, 0.5) is 5.69 Å². The molecule has 0 amide bonds. The molecule has 4 rings (SSSR count). The molecular formula is C24H20N2O4S. The monoisotopic (exact) mass is 432 g/mol. The van der Waals surface area contributed by atoms with Gasteiger partial charge in [-0.1, -0.05) is 48.5 Å². The highest BCUT2D eigenvalue weighted by molar-refractivity contribution is 7.89. The molecule has 0 saturated heterocycles. The van der Waals surface area contributed by atoms with Crippen LogP contribution in [0.2, 0.25) is 0 Å². The van der Waals surface area contributed by atoms with E-state index in [-0.39, 0.29) is 27.4 Å². The van der Waals surface area contributed by atoms with Gasteiger partial charge in [0.05, 0.1) is 4.90 Å². The minimum Gasteiger partial charge on any atom is -0.350 e. The highest BCUT2D eigenvalue weighted by Crippen LogP contribution is 2.28. The first kappa shape index (κ1) is 20.6. The smallest absolute Gasteiger partial charge is 0.262 e. The molecule has 0 aromatic heterocycles. The number of allylic oxidation sites excluding steroid dienone is 2. The molecule has 3 aromatic carbocycles. The molecule has 0 heterocycles. The summed E-state index contributed by atoms with van der Waals surface area (Å²) in [6.45, 7) is 3.82. The second-order valence-electron chi connectivity index (χ2n) is 7.37. The van der Waals surface area contributed by atoms with E-state index in [9.17, 15) is 18.0 Å². The van der Waals surface area contributed by atoms with E-state index < -0.39 is 21.6 Å². The van der Waals surface area contributed by atoms with Crippen LogP contribution < -0.4 is 10.0 Å². The first-order chi connectivity index (χ1) is 14.8. The van der Waals surface area contributed by atoms with E-state index >= 15 is 0 Å². The highest BCUT2D eigenvalue weighted by atomic mass is 32.2. The molecule has 0 spiro atoms. The third-order valence-corrected chi connectivity index (χ3v) is 6.27. The SMILES string of the molecule is Cc1cc(C)cc(NC2=C(NS(=O)(=O)c3ccccc3)C(=O)c3ccccc3C2=O)c1. The summed E-state index contributed by atoms with van der Waals surface area (Å²) in [5, 5.41) is 2.99. The fourth-order valence-corrected chi connectivity index (χ4v) is 4.67. The van der Waals surface area contributed by atoms with Gasteiger partial charge in [-0.15, -0.1) is 0 Å². The van der Waals surface area contributed by atoms with Gasteiger partial charge in [-0.05, 0) is 49.2 Å². The molecule has 0 atom stereocenters. The van der Waals surface area contributed by atoms with Crippen molar-refractivity contribution in [3.8, 4) is 0 Å². The van der Waals surface area contributed by atoms with Crippen LogP contribution in [0.3, 0.4) is 0 Å². The number of fused-ring (bicyclic) bond motifs is 1. The molecule has 0 saturated carbocycles. The molecule has 0 unspecified atom stereocenters. The Bertz CT molecular complexity index is 1320. The third kappa shape index (κ3) is 4.00. The third-order valence-electron chi connectivity index (χ3n) is 4.90. The number of aryl methyl sites for hydroxylation is 2. The summed E-state index contributed by atoms with van der Waals surface area (Å²) < 4.78 is 28.2. The lowest BCUT2D eigenvalue weighted by Crippen LogP contribution is -2.36. The van der Waals surface area contributed by atoms with Crippen LogP contribution in [0.15, 0.2) is 89.1 Å². The maximum absolute atomic E-state index is 13.3. The normalized spacial score (nSPS) is 13.7. The van der Waals surface area contributed by atoms with Crippen LogP contribution in [0.1, 0.15) is 31.8 Å². The Morgan fingerprint density at radius 3 is 1.77 bits per heavy atom. The summed E-state index contributed by atoms with van der Waals surface area (Å²) in [7, 11) is -4.08. The average molecular weight is 433 g/mol. The number of benzene rings is 3. The van der Waals surface area contributed by atoms with E-state index in [0.717, 1.165) is 11.1 Å². The molecule has 0 bridgehead atoms. The molecule has 156 valence electrons. The molecular weight excluding hydrogens is 412 g/mol. The molecule has 0 radical (unpaired) electrons. The first-order valence-electron chi connectivity index (χ1n) is 9.62. The molecule has 0 aliphatic heterocycles. The van der Waals surface area contributed by atoms with Gasteiger partial charge < -0.3 is 5.32 Å². The van der Waals surface area contributed by atoms with Crippen molar-refractivity contribution in [2.75, 3.05) is 5.32 Å². The van der Waals surface area contributed by atoms with Gasteiger partial charge in [-0.3, -0.25) is 14.3 Å². The zero-order chi connectivity index (χ0) is 22.2. The van der Waals surface area contributed by atoms with Crippen molar-refractivity contribution < 1.29 is 18.0 Å². The molecule has 3 aromatic rings. The number of carbonyl (C=O) groups is 2. The second-order valence-corrected chi connectivity index (χ2v) is 9.06. The first-order valence-corrected chi connectivity index (χ1v) is 11.1. The van der Waals surface area contributed by atoms with E-state index in [2.05, 4.69) is 10.0 Å². The van der Waals surface area contributed by atoms with Gasteiger partial charge in [0.25, 0.3) is 10.0 Å². The van der Waals surface area contributed by atoms with Crippen molar-refractivity contribution in [2.24, 2.45) is 0 Å². The summed E-state index contributed by atoms with van der Waals surface area (Å²) >= 11 is 0. The van der Waals surface area contributed by atoms with Crippen LogP contribution in [0, 0.1) is 13.8 Å². The van der Waals surface area contributed by atoms with Gasteiger partial charge in [-0.2, -0.15) is 0 Å². The standard InChI is InChI=1S/C24H20N2O4S/c1-15-12-16(2)14-17(13-15)25-21-22(26-31(29,30)18-8-4-3-5-9-18)24(28)20-11-7-6-10-19(20)23(21)27/h3-14,25-26H,1-2H3. The minimum absolute atomic E-state index is 0.00708. The van der Waals surface area contributed by atoms with Crippen molar-refractivity contribution in [3.05, 3.63) is 106 Å². The van der Waals surface area contributed by atoms with Crippen LogP contribution in [0.5, 0.6) is 0 Å². The van der Waals surface area contributed by atoms with Crippen molar-refractivity contribution in [3.63, 3.8) is 0 Å². The zero-order valence-electron chi connectivity index (χ0n) is 17.0. The summed E-state index contributed by atoms with van der Waals surface area (Å²) in [5.74, 6) is -1.03. The van der Waals surface area contributed by atoms with Gasteiger partial charge in [0.2, 0.25) is 11.6 Å². The van der Waals surface area contributed by atoms with Crippen LogP contribution in [-0.4, -0.2) is 20.0 Å². The Labute approximate surface area is 180 Å². The molecule has 2 N–H and O–H groups in total. The summed E-state index contributed by atoms with van der Waals surface area (Å²) in [6.07, 6.45) is 0. The maximum Gasteiger partial charge on any atom is 0.262 e. The molecule has 6 nitrogen and oxygen atoms in total. The summed E-state index contributed by atoms with van der Waals surface area (Å²) in [5.41, 5.74) is 2.49. The molecule has 1 aliphatic carbocycles. The quantitative estimate of drug-likeness (QED) is 0.636. The van der Waals surface area contributed by atoms with E-state index in [1.165, 1.54) is 18.2 Å². The Hall–Kier alpha value is -3.71. The fourth-order valence-electron chi connectivity index (χ4n) is 3.58. The average Bonchev–Trinajstić information content (AvgIpc) is 2.74. The molecule has 0 fully saturated rings. The zero-order valence-corrected chi connectivity index (χ0v) is 17.8. The molecule has 7 heteroatoms. The van der Waals surface area contributed by atoms with Crippen molar-refractivity contribution in [2.45, 2.75) is 18.7 Å². The van der Waals surface area contributed by atoms with E-state index in [1.54, 1.807) is 36.4 Å².